The van der Waals surface area contributed by atoms with Crippen molar-refractivity contribution in [1.29, 1.82) is 0 Å². The molecule has 78 valence electrons. The predicted molar refractivity (Wildman–Crippen MR) is 50.1 cm³/mol. The van der Waals surface area contributed by atoms with Gasteiger partial charge in [-0.3, -0.25) is 0 Å². The Morgan fingerprint density at radius 3 is 2.33 bits per heavy atom. The van der Waals surface area contributed by atoms with Crippen LogP contribution in [-0.4, -0.2) is 0 Å². The second-order valence-electron chi connectivity index (χ2n) is 3.33. The maximum absolute atomic E-state index is 12.6. The van der Waals surface area contributed by atoms with Gasteiger partial charge in [0.05, 0.1) is 0 Å². The summed E-state index contributed by atoms with van der Waals surface area (Å²) < 4.78 is 38.8. The predicted octanol–water partition coefficient (Wildman–Crippen LogP) is 2.68. The Balaban J connectivity index is 2.76. The largest absolute Gasteiger partial charge is 0.477 e. The van der Waals surface area contributed by atoms with Crippen molar-refractivity contribution in [1.82, 2.24) is 0 Å². The van der Waals surface area contributed by atoms with E-state index in [9.17, 15) is 13.2 Å². The molecular weight excluding hydrogens is 203 g/mol. The first-order valence-corrected chi connectivity index (χ1v) is 4.45. The van der Waals surface area contributed by atoms with E-state index in [1.165, 1.54) is 13.1 Å². The molecule has 1 nitrogen and oxygen atoms in total. The van der Waals surface area contributed by atoms with Crippen LogP contribution in [0.25, 0.3) is 10.9 Å². The standard InChI is InChI=1S/C11H9F3N/c1-15-9-5-3-2-4-8(9)6-7-10(15)11(12,13)14/h2-7H,1H3/q+1. The van der Waals surface area contributed by atoms with Crippen molar-refractivity contribution >= 4 is 10.9 Å². The summed E-state index contributed by atoms with van der Waals surface area (Å²) in [5, 5.41) is 0.799. The lowest BCUT2D eigenvalue weighted by Gasteiger charge is -2.05. The third kappa shape index (κ3) is 1.67. The lowest BCUT2D eigenvalue weighted by atomic mass is 10.2. The van der Waals surface area contributed by atoms with Crippen LogP contribution in [0.2, 0.25) is 0 Å². The Hall–Kier alpha value is -1.58. The number of aromatic nitrogens is 1. The van der Waals surface area contributed by atoms with Gasteiger partial charge in [-0.15, -0.1) is 0 Å². The molecule has 0 aliphatic heterocycles. The van der Waals surface area contributed by atoms with Crippen LogP contribution in [0.15, 0.2) is 36.4 Å². The summed E-state index contributed by atoms with van der Waals surface area (Å²) in [7, 11) is 1.42. The first kappa shape index (κ1) is 9.96. The number of pyridine rings is 1. The van der Waals surface area contributed by atoms with Gasteiger partial charge in [-0.25, -0.2) is 0 Å². The number of halogens is 3. The topological polar surface area (TPSA) is 3.88 Å². The molecule has 4 heteroatoms. The lowest BCUT2D eigenvalue weighted by molar-refractivity contribution is -0.666. The molecule has 2 aromatic rings. The summed E-state index contributed by atoms with van der Waals surface area (Å²) in [5.74, 6) is 0. The molecule has 0 aliphatic carbocycles. The molecule has 0 unspecified atom stereocenters. The van der Waals surface area contributed by atoms with Gasteiger partial charge in [0.1, 0.15) is 7.05 Å². The Bertz CT molecular complexity index is 503. The number of hydrogen-bond donors (Lipinski definition) is 0. The van der Waals surface area contributed by atoms with Crippen LogP contribution in [0.3, 0.4) is 0 Å². The average molecular weight is 212 g/mol. The fraction of sp³-hybridized carbons (Fsp3) is 0.182. The van der Waals surface area contributed by atoms with Crippen LogP contribution in [0.1, 0.15) is 5.69 Å². The highest BCUT2D eigenvalue weighted by atomic mass is 19.4. The van der Waals surface area contributed by atoms with Gasteiger partial charge < -0.3 is 0 Å². The highest BCUT2D eigenvalue weighted by Crippen LogP contribution is 2.27. The fourth-order valence-electron chi connectivity index (χ4n) is 1.63. The van der Waals surface area contributed by atoms with Crippen LogP contribution >= 0.6 is 0 Å². The maximum atomic E-state index is 12.6. The van der Waals surface area contributed by atoms with Gasteiger partial charge in [-0.2, -0.15) is 17.7 Å². The summed E-state index contributed by atoms with van der Waals surface area (Å²) in [6, 6.07) is 9.57. The molecule has 0 radical (unpaired) electrons. The van der Waals surface area contributed by atoms with E-state index in [0.717, 1.165) is 16.0 Å². The molecule has 1 heterocycles. The highest BCUT2D eigenvalue weighted by molar-refractivity contribution is 5.75. The van der Waals surface area contributed by atoms with Crippen molar-refractivity contribution in [3.05, 3.63) is 42.1 Å². The van der Waals surface area contributed by atoms with Crippen molar-refractivity contribution in [2.75, 3.05) is 0 Å². The van der Waals surface area contributed by atoms with E-state index in [1.54, 1.807) is 24.3 Å². The third-order valence-corrected chi connectivity index (χ3v) is 2.37. The highest BCUT2D eigenvalue weighted by Gasteiger charge is 2.40. The van der Waals surface area contributed by atoms with E-state index in [-0.39, 0.29) is 0 Å². The van der Waals surface area contributed by atoms with Crippen LogP contribution in [0, 0.1) is 0 Å². The normalized spacial score (nSPS) is 12.0. The Labute approximate surface area is 84.8 Å². The monoisotopic (exact) mass is 212 g/mol. The molecule has 15 heavy (non-hydrogen) atoms. The number of nitrogens with zero attached hydrogens (tertiary/aromatic N) is 1. The quantitative estimate of drug-likeness (QED) is 0.591. The van der Waals surface area contributed by atoms with Crippen molar-refractivity contribution in [3.8, 4) is 0 Å². The number of alkyl halides is 3. The minimum absolute atomic E-state index is 0.576. The van der Waals surface area contributed by atoms with E-state index in [1.807, 2.05) is 0 Å². The first-order valence-electron chi connectivity index (χ1n) is 4.45. The third-order valence-electron chi connectivity index (χ3n) is 2.37. The molecule has 2 rings (SSSR count). The molecule has 0 saturated carbocycles. The SMILES string of the molecule is C[n+]1c(C(F)(F)F)ccc2ccccc21. The number of hydrogen-bond acceptors (Lipinski definition) is 0. The molecule has 0 fully saturated rings. The average Bonchev–Trinajstić information content (AvgIpc) is 2.16. The molecule has 0 saturated heterocycles. The molecule has 0 bridgehead atoms. The van der Waals surface area contributed by atoms with Crippen molar-refractivity contribution in [2.24, 2.45) is 7.05 Å². The molecule has 0 amide bonds. The second-order valence-corrected chi connectivity index (χ2v) is 3.33. The van der Waals surface area contributed by atoms with Gasteiger partial charge in [-0.05, 0) is 12.1 Å². The van der Waals surface area contributed by atoms with E-state index in [4.69, 9.17) is 0 Å². The minimum atomic E-state index is -4.31. The summed E-state index contributed by atoms with van der Waals surface area (Å²) in [6.07, 6.45) is -4.31. The number of para-hydroxylation sites is 1. The van der Waals surface area contributed by atoms with Crippen molar-refractivity contribution in [2.45, 2.75) is 6.18 Å². The number of rotatable bonds is 0. The first-order chi connectivity index (χ1) is 7.00. The molecule has 0 spiro atoms. The molecular formula is C11H9F3N+. The zero-order chi connectivity index (χ0) is 11.1. The number of fused-ring (bicyclic) bond motifs is 1. The van der Waals surface area contributed by atoms with Crippen LogP contribution in [-0.2, 0) is 13.2 Å². The van der Waals surface area contributed by atoms with Gasteiger partial charge in [0.2, 0.25) is 5.52 Å². The molecule has 1 aromatic carbocycles. The van der Waals surface area contributed by atoms with Gasteiger partial charge in [0.25, 0.3) is 5.69 Å². The Morgan fingerprint density at radius 1 is 1.00 bits per heavy atom. The van der Waals surface area contributed by atoms with E-state index in [2.05, 4.69) is 0 Å². The minimum Gasteiger partial charge on any atom is -0.190 e. The van der Waals surface area contributed by atoms with E-state index >= 15 is 0 Å². The zero-order valence-electron chi connectivity index (χ0n) is 8.05. The van der Waals surface area contributed by atoms with E-state index in [0.29, 0.717) is 5.52 Å². The lowest BCUT2D eigenvalue weighted by Crippen LogP contribution is -2.38. The number of aryl methyl sites for hydroxylation is 1. The molecule has 0 aliphatic rings. The molecule has 0 N–H and O–H groups in total. The summed E-state index contributed by atoms with van der Waals surface area (Å²) >= 11 is 0. The summed E-state index contributed by atoms with van der Waals surface area (Å²) in [5.41, 5.74) is -0.0616. The van der Waals surface area contributed by atoms with Gasteiger partial charge in [-0.1, -0.05) is 12.1 Å². The van der Waals surface area contributed by atoms with Gasteiger partial charge in [0.15, 0.2) is 0 Å². The maximum Gasteiger partial charge on any atom is 0.477 e. The summed E-state index contributed by atoms with van der Waals surface area (Å²) in [4.78, 5) is 0. The second kappa shape index (κ2) is 3.22. The van der Waals surface area contributed by atoms with Gasteiger partial charge in [0, 0.05) is 17.5 Å². The van der Waals surface area contributed by atoms with E-state index < -0.39 is 11.9 Å². The van der Waals surface area contributed by atoms with Crippen molar-refractivity contribution in [3.63, 3.8) is 0 Å². The van der Waals surface area contributed by atoms with Crippen molar-refractivity contribution < 1.29 is 17.7 Å². The smallest absolute Gasteiger partial charge is 0.190 e. The van der Waals surface area contributed by atoms with Gasteiger partial charge >= 0.3 is 6.18 Å². The van der Waals surface area contributed by atoms with Crippen LogP contribution < -0.4 is 4.57 Å². The molecule has 1 aromatic heterocycles. The van der Waals surface area contributed by atoms with Crippen LogP contribution in [0.5, 0.6) is 0 Å². The van der Waals surface area contributed by atoms with Crippen LogP contribution in [0.4, 0.5) is 13.2 Å². The molecule has 0 atom stereocenters. The summed E-state index contributed by atoms with van der Waals surface area (Å²) in [6.45, 7) is 0. The fourth-order valence-corrected chi connectivity index (χ4v) is 1.63. The zero-order valence-corrected chi connectivity index (χ0v) is 8.05. The number of benzene rings is 1. The Kier molecular flexibility index (Phi) is 2.14. The Morgan fingerprint density at radius 2 is 1.67 bits per heavy atom.